The molecule has 2 aromatic rings. The molecule has 2 rings (SSSR count). The first-order valence-corrected chi connectivity index (χ1v) is 7.06. The van der Waals surface area contributed by atoms with Crippen LogP contribution in [0.4, 0.5) is 0 Å². The Hall–Kier alpha value is -3.00. The van der Waals surface area contributed by atoms with Crippen LogP contribution >= 0.6 is 0 Å². The summed E-state index contributed by atoms with van der Waals surface area (Å²) in [5.41, 5.74) is 2.09. The van der Waals surface area contributed by atoms with Gasteiger partial charge in [0.05, 0.1) is 18.7 Å². The van der Waals surface area contributed by atoms with Gasteiger partial charge < -0.3 is 14.4 Å². The minimum absolute atomic E-state index is 0.0359. The van der Waals surface area contributed by atoms with Gasteiger partial charge in [-0.2, -0.15) is 5.26 Å². The zero-order chi connectivity index (χ0) is 16.8. The van der Waals surface area contributed by atoms with Crippen molar-refractivity contribution in [3.05, 3.63) is 59.2 Å². The SMILES string of the molecule is COc1cc(C#N)ccc1OCc1ccc(C(=O)N(C)C)cc1. The standard InChI is InChI=1S/C18H18N2O3/c1-20(2)18(21)15-7-4-13(5-8-15)12-23-16-9-6-14(11-19)10-17(16)22-3/h4-10H,12H2,1-3H3. The molecule has 1 amide bonds. The molecule has 0 saturated carbocycles. The molecule has 5 heteroatoms. The van der Waals surface area contributed by atoms with Gasteiger partial charge in [0.1, 0.15) is 6.61 Å². The third-order valence-electron chi connectivity index (χ3n) is 3.29. The van der Waals surface area contributed by atoms with Crippen molar-refractivity contribution in [2.75, 3.05) is 21.2 Å². The summed E-state index contributed by atoms with van der Waals surface area (Å²) in [6.45, 7) is 0.346. The van der Waals surface area contributed by atoms with E-state index in [1.807, 2.05) is 12.1 Å². The lowest BCUT2D eigenvalue weighted by Crippen LogP contribution is -2.21. The van der Waals surface area contributed by atoms with Crippen LogP contribution in [0.2, 0.25) is 0 Å². The fourth-order valence-corrected chi connectivity index (χ4v) is 2.02. The van der Waals surface area contributed by atoms with Crippen LogP contribution in [0.1, 0.15) is 21.5 Å². The molecule has 23 heavy (non-hydrogen) atoms. The van der Waals surface area contributed by atoms with Crippen molar-refractivity contribution in [1.29, 1.82) is 5.26 Å². The lowest BCUT2D eigenvalue weighted by atomic mass is 10.1. The Morgan fingerprint density at radius 2 is 1.83 bits per heavy atom. The third kappa shape index (κ3) is 4.01. The van der Waals surface area contributed by atoms with E-state index in [0.717, 1.165) is 5.56 Å². The van der Waals surface area contributed by atoms with Gasteiger partial charge in [-0.1, -0.05) is 12.1 Å². The molecule has 0 aliphatic rings. The molecule has 0 radical (unpaired) electrons. The van der Waals surface area contributed by atoms with Crippen molar-refractivity contribution in [3.8, 4) is 17.6 Å². The van der Waals surface area contributed by atoms with Gasteiger partial charge in [0, 0.05) is 25.7 Å². The van der Waals surface area contributed by atoms with Gasteiger partial charge in [-0.3, -0.25) is 4.79 Å². The molecule has 0 heterocycles. The largest absolute Gasteiger partial charge is 0.493 e. The Labute approximate surface area is 135 Å². The number of rotatable bonds is 5. The van der Waals surface area contributed by atoms with Gasteiger partial charge >= 0.3 is 0 Å². The smallest absolute Gasteiger partial charge is 0.253 e. The van der Waals surface area contributed by atoms with Crippen LogP contribution in [0.3, 0.4) is 0 Å². The van der Waals surface area contributed by atoms with Gasteiger partial charge in [-0.25, -0.2) is 0 Å². The van der Waals surface area contributed by atoms with E-state index in [2.05, 4.69) is 6.07 Å². The number of carbonyl (C=O) groups is 1. The monoisotopic (exact) mass is 310 g/mol. The van der Waals surface area contributed by atoms with Crippen LogP contribution in [0.25, 0.3) is 0 Å². The Bertz CT molecular complexity index is 731. The van der Waals surface area contributed by atoms with Crippen molar-refractivity contribution in [2.45, 2.75) is 6.61 Å². The number of nitrogens with zero attached hydrogens (tertiary/aromatic N) is 2. The highest BCUT2D eigenvalue weighted by molar-refractivity contribution is 5.93. The summed E-state index contributed by atoms with van der Waals surface area (Å²) < 4.78 is 11.0. The van der Waals surface area contributed by atoms with Gasteiger partial charge in [0.15, 0.2) is 11.5 Å². The average molecular weight is 310 g/mol. The van der Waals surface area contributed by atoms with E-state index in [0.29, 0.717) is 29.2 Å². The predicted molar refractivity (Wildman–Crippen MR) is 86.5 cm³/mol. The molecular weight excluding hydrogens is 292 g/mol. The number of amides is 1. The van der Waals surface area contributed by atoms with Crippen LogP contribution in [-0.4, -0.2) is 32.0 Å². The van der Waals surface area contributed by atoms with Crippen LogP contribution in [0.15, 0.2) is 42.5 Å². The zero-order valence-corrected chi connectivity index (χ0v) is 13.4. The number of benzene rings is 2. The fourth-order valence-electron chi connectivity index (χ4n) is 2.02. The molecule has 5 nitrogen and oxygen atoms in total. The molecule has 2 aromatic carbocycles. The number of hydrogen-bond donors (Lipinski definition) is 0. The summed E-state index contributed by atoms with van der Waals surface area (Å²) >= 11 is 0. The quantitative estimate of drug-likeness (QED) is 0.852. The summed E-state index contributed by atoms with van der Waals surface area (Å²) in [5.74, 6) is 1.05. The van der Waals surface area contributed by atoms with Gasteiger partial charge in [-0.05, 0) is 29.8 Å². The second-order valence-corrected chi connectivity index (χ2v) is 5.16. The molecule has 0 spiro atoms. The highest BCUT2D eigenvalue weighted by Crippen LogP contribution is 2.28. The van der Waals surface area contributed by atoms with E-state index in [1.54, 1.807) is 44.4 Å². The molecule has 0 atom stereocenters. The number of carbonyl (C=O) groups excluding carboxylic acids is 1. The normalized spacial score (nSPS) is 9.83. The predicted octanol–water partition coefficient (Wildman–Crippen LogP) is 2.85. The van der Waals surface area contributed by atoms with Crippen molar-refractivity contribution >= 4 is 5.91 Å². The first-order chi connectivity index (χ1) is 11.0. The van der Waals surface area contributed by atoms with E-state index in [9.17, 15) is 4.79 Å². The van der Waals surface area contributed by atoms with Crippen molar-refractivity contribution in [1.82, 2.24) is 4.90 Å². The van der Waals surface area contributed by atoms with Gasteiger partial charge in [0.25, 0.3) is 5.91 Å². The van der Waals surface area contributed by atoms with E-state index < -0.39 is 0 Å². The number of hydrogen-bond acceptors (Lipinski definition) is 4. The summed E-state index contributed by atoms with van der Waals surface area (Å²) in [7, 11) is 4.97. The Morgan fingerprint density at radius 3 is 2.39 bits per heavy atom. The fraction of sp³-hybridized carbons (Fsp3) is 0.222. The number of ether oxygens (including phenoxy) is 2. The second-order valence-electron chi connectivity index (χ2n) is 5.16. The molecule has 0 fully saturated rings. The highest BCUT2D eigenvalue weighted by Gasteiger charge is 2.09. The number of nitriles is 1. The zero-order valence-electron chi connectivity index (χ0n) is 13.4. The van der Waals surface area contributed by atoms with Gasteiger partial charge in [0.2, 0.25) is 0 Å². The van der Waals surface area contributed by atoms with Crippen LogP contribution < -0.4 is 9.47 Å². The van der Waals surface area contributed by atoms with Crippen LogP contribution in [-0.2, 0) is 6.61 Å². The Kier molecular flexibility index (Phi) is 5.21. The topological polar surface area (TPSA) is 62.6 Å². The minimum atomic E-state index is -0.0359. The minimum Gasteiger partial charge on any atom is -0.493 e. The van der Waals surface area contributed by atoms with Crippen molar-refractivity contribution in [3.63, 3.8) is 0 Å². The molecule has 0 aromatic heterocycles. The maximum absolute atomic E-state index is 11.8. The van der Waals surface area contributed by atoms with Crippen molar-refractivity contribution in [2.24, 2.45) is 0 Å². The Balaban J connectivity index is 2.07. The number of methoxy groups -OCH3 is 1. The summed E-state index contributed by atoms with van der Waals surface area (Å²) in [6, 6.07) is 14.3. The highest BCUT2D eigenvalue weighted by atomic mass is 16.5. The Morgan fingerprint density at radius 1 is 1.13 bits per heavy atom. The van der Waals surface area contributed by atoms with Crippen LogP contribution in [0, 0.1) is 11.3 Å². The van der Waals surface area contributed by atoms with E-state index >= 15 is 0 Å². The lowest BCUT2D eigenvalue weighted by molar-refractivity contribution is 0.0827. The summed E-state index contributed by atoms with van der Waals surface area (Å²) in [4.78, 5) is 13.4. The summed E-state index contributed by atoms with van der Waals surface area (Å²) in [6.07, 6.45) is 0. The third-order valence-corrected chi connectivity index (χ3v) is 3.29. The summed E-state index contributed by atoms with van der Waals surface area (Å²) in [5, 5.41) is 8.89. The van der Waals surface area contributed by atoms with Crippen LogP contribution in [0.5, 0.6) is 11.5 Å². The molecule has 0 aliphatic heterocycles. The van der Waals surface area contributed by atoms with E-state index in [1.165, 1.54) is 12.0 Å². The molecule has 118 valence electrons. The molecule has 0 bridgehead atoms. The lowest BCUT2D eigenvalue weighted by Gasteiger charge is -2.12. The van der Waals surface area contributed by atoms with E-state index in [-0.39, 0.29) is 5.91 Å². The molecule has 0 saturated heterocycles. The molecule has 0 N–H and O–H groups in total. The average Bonchev–Trinajstić information content (AvgIpc) is 2.59. The first kappa shape index (κ1) is 16.4. The molecule has 0 unspecified atom stereocenters. The molecular formula is C18H18N2O3. The maximum atomic E-state index is 11.8. The molecule has 0 aliphatic carbocycles. The van der Waals surface area contributed by atoms with E-state index in [4.69, 9.17) is 14.7 Å². The van der Waals surface area contributed by atoms with Gasteiger partial charge in [-0.15, -0.1) is 0 Å². The van der Waals surface area contributed by atoms with Crippen molar-refractivity contribution < 1.29 is 14.3 Å². The maximum Gasteiger partial charge on any atom is 0.253 e. The first-order valence-electron chi connectivity index (χ1n) is 7.06. The second kappa shape index (κ2) is 7.32.